The molecule has 1 aromatic rings. The second-order valence-electron chi connectivity index (χ2n) is 8.05. The van der Waals surface area contributed by atoms with Crippen molar-refractivity contribution >= 4 is 23.2 Å². The number of benzene rings is 1. The molecular formula is C21H29N3O2. The van der Waals surface area contributed by atoms with E-state index in [1.807, 2.05) is 23.1 Å². The SMILES string of the molecule is O=C(Nc1ccccc1N1CCCCCC1)[C@H]1CC(=O)N(CC2CC2)C1. The molecule has 140 valence electrons. The minimum atomic E-state index is -0.224. The molecule has 2 heterocycles. The molecule has 1 aromatic carbocycles. The Bertz CT molecular complexity index is 663. The van der Waals surface area contributed by atoms with Gasteiger partial charge in [0, 0.05) is 32.6 Å². The highest BCUT2D eigenvalue weighted by atomic mass is 16.2. The van der Waals surface area contributed by atoms with Crippen LogP contribution in [0.4, 0.5) is 11.4 Å². The van der Waals surface area contributed by atoms with Crippen LogP contribution >= 0.6 is 0 Å². The first-order valence-electron chi connectivity index (χ1n) is 10.1. The van der Waals surface area contributed by atoms with Crippen molar-refractivity contribution < 1.29 is 9.59 Å². The maximum absolute atomic E-state index is 12.8. The molecule has 2 aliphatic heterocycles. The van der Waals surface area contributed by atoms with Crippen molar-refractivity contribution in [3.05, 3.63) is 24.3 Å². The highest BCUT2D eigenvalue weighted by molar-refractivity contribution is 5.99. The molecule has 2 saturated heterocycles. The summed E-state index contributed by atoms with van der Waals surface area (Å²) < 4.78 is 0. The van der Waals surface area contributed by atoms with Crippen LogP contribution in [0.15, 0.2) is 24.3 Å². The third-order valence-corrected chi connectivity index (χ3v) is 5.87. The Labute approximate surface area is 155 Å². The third-order valence-electron chi connectivity index (χ3n) is 5.87. The summed E-state index contributed by atoms with van der Waals surface area (Å²) in [5.74, 6) is 0.569. The lowest BCUT2D eigenvalue weighted by Crippen LogP contribution is -2.30. The van der Waals surface area contributed by atoms with Gasteiger partial charge in [-0.3, -0.25) is 9.59 Å². The lowest BCUT2D eigenvalue weighted by molar-refractivity contribution is -0.128. The number of rotatable bonds is 5. The molecule has 26 heavy (non-hydrogen) atoms. The summed E-state index contributed by atoms with van der Waals surface area (Å²) in [5, 5.41) is 3.12. The van der Waals surface area contributed by atoms with E-state index in [1.165, 1.54) is 38.5 Å². The Morgan fingerprint density at radius 2 is 1.81 bits per heavy atom. The standard InChI is InChI=1S/C21H29N3O2/c25-20-13-17(15-24(20)14-16-9-10-16)21(26)22-18-7-3-4-8-19(18)23-11-5-1-2-6-12-23/h3-4,7-8,16-17H,1-2,5-6,9-15H2,(H,22,26)/t17-/m0/s1. The number of hydrogen-bond donors (Lipinski definition) is 1. The second kappa shape index (κ2) is 7.68. The number of carbonyl (C=O) groups excluding carboxylic acids is 2. The van der Waals surface area contributed by atoms with Gasteiger partial charge in [0.2, 0.25) is 11.8 Å². The number of nitrogens with zero attached hydrogens (tertiary/aromatic N) is 2. The molecule has 0 spiro atoms. The van der Waals surface area contributed by atoms with Crippen LogP contribution in [0.3, 0.4) is 0 Å². The maximum atomic E-state index is 12.8. The van der Waals surface area contributed by atoms with E-state index in [4.69, 9.17) is 0 Å². The monoisotopic (exact) mass is 355 g/mol. The van der Waals surface area contributed by atoms with Crippen molar-refractivity contribution in [2.24, 2.45) is 11.8 Å². The van der Waals surface area contributed by atoms with Crippen molar-refractivity contribution in [3.63, 3.8) is 0 Å². The summed E-state index contributed by atoms with van der Waals surface area (Å²) in [6, 6.07) is 8.08. The lowest BCUT2D eigenvalue weighted by atomic mass is 10.1. The number of likely N-dealkylation sites (tertiary alicyclic amines) is 1. The van der Waals surface area contributed by atoms with Gasteiger partial charge in [-0.1, -0.05) is 25.0 Å². The van der Waals surface area contributed by atoms with Gasteiger partial charge in [0.1, 0.15) is 0 Å². The fourth-order valence-corrected chi connectivity index (χ4v) is 4.14. The fraction of sp³-hybridized carbons (Fsp3) is 0.619. The molecule has 1 aliphatic carbocycles. The van der Waals surface area contributed by atoms with Gasteiger partial charge >= 0.3 is 0 Å². The Morgan fingerprint density at radius 1 is 1.08 bits per heavy atom. The minimum Gasteiger partial charge on any atom is -0.370 e. The van der Waals surface area contributed by atoms with E-state index in [-0.39, 0.29) is 17.7 Å². The van der Waals surface area contributed by atoms with Gasteiger partial charge in [-0.25, -0.2) is 0 Å². The Kier molecular flexibility index (Phi) is 5.14. The van der Waals surface area contributed by atoms with E-state index in [0.717, 1.165) is 31.0 Å². The molecule has 3 fully saturated rings. The molecule has 3 aliphatic rings. The van der Waals surface area contributed by atoms with Crippen LogP contribution in [-0.4, -0.2) is 42.9 Å². The molecule has 5 nitrogen and oxygen atoms in total. The first kappa shape index (κ1) is 17.4. The number of anilines is 2. The molecule has 1 atom stereocenters. The van der Waals surface area contributed by atoms with E-state index >= 15 is 0 Å². The summed E-state index contributed by atoms with van der Waals surface area (Å²) in [6.45, 7) is 3.51. The smallest absolute Gasteiger partial charge is 0.229 e. The van der Waals surface area contributed by atoms with E-state index in [9.17, 15) is 9.59 Å². The van der Waals surface area contributed by atoms with Crippen molar-refractivity contribution in [1.29, 1.82) is 0 Å². The highest BCUT2D eigenvalue weighted by Crippen LogP contribution is 2.33. The topological polar surface area (TPSA) is 52.7 Å². The van der Waals surface area contributed by atoms with Crippen LogP contribution in [0.2, 0.25) is 0 Å². The molecule has 0 radical (unpaired) electrons. The van der Waals surface area contributed by atoms with Gasteiger partial charge in [0.05, 0.1) is 17.3 Å². The minimum absolute atomic E-state index is 0.0149. The predicted molar refractivity (Wildman–Crippen MR) is 103 cm³/mol. The van der Waals surface area contributed by atoms with Crippen LogP contribution in [0.25, 0.3) is 0 Å². The van der Waals surface area contributed by atoms with Gasteiger partial charge in [0.25, 0.3) is 0 Å². The Hall–Kier alpha value is -2.04. The van der Waals surface area contributed by atoms with Gasteiger partial charge in [-0.2, -0.15) is 0 Å². The number of nitrogens with one attached hydrogen (secondary N) is 1. The molecule has 1 saturated carbocycles. The van der Waals surface area contributed by atoms with Crippen LogP contribution in [-0.2, 0) is 9.59 Å². The molecule has 0 bridgehead atoms. The van der Waals surface area contributed by atoms with Crippen molar-refractivity contribution in [1.82, 2.24) is 4.90 Å². The van der Waals surface area contributed by atoms with Gasteiger partial charge in [-0.05, 0) is 43.7 Å². The normalized spacial score (nSPS) is 23.8. The van der Waals surface area contributed by atoms with Crippen LogP contribution < -0.4 is 10.2 Å². The number of amides is 2. The number of para-hydroxylation sites is 2. The van der Waals surface area contributed by atoms with E-state index in [1.54, 1.807) is 0 Å². The second-order valence-corrected chi connectivity index (χ2v) is 8.05. The summed E-state index contributed by atoms with van der Waals surface area (Å²) in [7, 11) is 0. The quantitative estimate of drug-likeness (QED) is 0.882. The lowest BCUT2D eigenvalue weighted by Gasteiger charge is -2.26. The van der Waals surface area contributed by atoms with Gasteiger partial charge < -0.3 is 15.1 Å². The van der Waals surface area contributed by atoms with Crippen LogP contribution in [0.1, 0.15) is 44.9 Å². The number of carbonyl (C=O) groups is 2. The predicted octanol–water partition coefficient (Wildman–Crippen LogP) is 3.26. The first-order valence-corrected chi connectivity index (χ1v) is 10.1. The maximum Gasteiger partial charge on any atom is 0.229 e. The fourth-order valence-electron chi connectivity index (χ4n) is 4.14. The van der Waals surface area contributed by atoms with E-state index < -0.39 is 0 Å². The Morgan fingerprint density at radius 3 is 2.54 bits per heavy atom. The van der Waals surface area contributed by atoms with Crippen molar-refractivity contribution in [3.8, 4) is 0 Å². The average molecular weight is 355 g/mol. The zero-order valence-electron chi connectivity index (χ0n) is 15.5. The van der Waals surface area contributed by atoms with Crippen molar-refractivity contribution in [2.75, 3.05) is 36.4 Å². The van der Waals surface area contributed by atoms with Crippen LogP contribution in [0, 0.1) is 11.8 Å². The number of hydrogen-bond acceptors (Lipinski definition) is 3. The zero-order valence-corrected chi connectivity index (χ0v) is 15.5. The summed E-state index contributed by atoms with van der Waals surface area (Å²) in [6.07, 6.45) is 7.78. The summed E-state index contributed by atoms with van der Waals surface area (Å²) in [5.41, 5.74) is 1.99. The molecule has 1 N–H and O–H groups in total. The van der Waals surface area contributed by atoms with E-state index in [2.05, 4.69) is 16.3 Å². The zero-order chi connectivity index (χ0) is 17.9. The molecule has 0 unspecified atom stereocenters. The average Bonchev–Trinajstić information content (AvgIpc) is 3.42. The summed E-state index contributed by atoms with van der Waals surface area (Å²) >= 11 is 0. The molecule has 4 rings (SSSR count). The van der Waals surface area contributed by atoms with Crippen LogP contribution in [0.5, 0.6) is 0 Å². The molecule has 5 heteroatoms. The third kappa shape index (κ3) is 4.02. The van der Waals surface area contributed by atoms with Gasteiger partial charge in [0.15, 0.2) is 0 Å². The Balaban J connectivity index is 1.42. The first-order chi connectivity index (χ1) is 12.7. The van der Waals surface area contributed by atoms with Crippen molar-refractivity contribution in [2.45, 2.75) is 44.9 Å². The summed E-state index contributed by atoms with van der Waals surface area (Å²) in [4.78, 5) is 29.3. The largest absolute Gasteiger partial charge is 0.370 e. The van der Waals surface area contributed by atoms with E-state index in [0.29, 0.717) is 18.9 Å². The van der Waals surface area contributed by atoms with Gasteiger partial charge in [-0.15, -0.1) is 0 Å². The molecule has 0 aromatic heterocycles. The highest BCUT2D eigenvalue weighted by Gasteiger charge is 2.37. The molecular weight excluding hydrogens is 326 g/mol. The molecule has 2 amide bonds.